The van der Waals surface area contributed by atoms with Gasteiger partial charge in [0.1, 0.15) is 24.2 Å². The Morgan fingerprint density at radius 3 is 1.96 bits per heavy atom. The van der Waals surface area contributed by atoms with E-state index in [9.17, 15) is 29.1 Å². The maximum atomic E-state index is 13.8. The van der Waals surface area contributed by atoms with Crippen molar-refractivity contribution in [2.45, 2.75) is 83.0 Å². The number of amides is 5. The number of nitrogens with two attached hydrogens (primary N) is 1. The van der Waals surface area contributed by atoms with E-state index in [0.29, 0.717) is 24.8 Å². The molecule has 12 nitrogen and oxygen atoms in total. The number of nitrogens with one attached hydrogen (secondary N) is 4. The number of rotatable bonds is 20. The quantitative estimate of drug-likeness (QED) is 0.0922. The molecular formula is C37H55N6O6+. The normalized spacial score (nSPS) is 16.0. The third-order valence-electron chi connectivity index (χ3n) is 8.99. The molecule has 1 aliphatic rings. The lowest BCUT2D eigenvalue weighted by molar-refractivity contribution is -0.870. The van der Waals surface area contributed by atoms with Gasteiger partial charge in [0.2, 0.25) is 23.6 Å². The second kappa shape index (κ2) is 18.5. The summed E-state index contributed by atoms with van der Waals surface area (Å²) in [6.45, 7) is 4.24. The first kappa shape index (κ1) is 39.2. The topological polar surface area (TPSA) is 180 Å². The zero-order valence-electron chi connectivity index (χ0n) is 29.5. The molecule has 0 saturated heterocycles. The first-order valence-electron chi connectivity index (χ1n) is 17.3. The van der Waals surface area contributed by atoms with Crippen LogP contribution in [0.1, 0.15) is 69.2 Å². The number of unbranched alkanes of at least 4 members (excludes halogenated alkanes) is 1. The Hall–Kier alpha value is -4.29. The van der Waals surface area contributed by atoms with E-state index in [0.717, 1.165) is 41.4 Å². The molecule has 1 saturated carbocycles. The molecule has 2 aromatic carbocycles. The molecule has 2 aromatic rings. The highest BCUT2D eigenvalue weighted by Gasteiger charge is 2.40. The Kier molecular flexibility index (Phi) is 14.8. The SMILES string of the molecule is CC[C@H](C)C(NC(=O)[C@@H](NC(=O)c1ccc(-c2ccccc2)cc1)C1CC1)C(=O)N[C@@H](CCCC[N+](C)(C)C)C(=O)N[C@@H](CCO)C(N)=O. The van der Waals surface area contributed by atoms with Crippen LogP contribution in [0.5, 0.6) is 0 Å². The van der Waals surface area contributed by atoms with E-state index >= 15 is 0 Å². The van der Waals surface area contributed by atoms with Gasteiger partial charge in [-0.15, -0.1) is 0 Å². The van der Waals surface area contributed by atoms with Gasteiger partial charge in [0.15, 0.2) is 0 Å². The molecule has 3 rings (SSSR count). The summed E-state index contributed by atoms with van der Waals surface area (Å²) in [7, 11) is 6.20. The highest BCUT2D eigenvalue weighted by atomic mass is 16.3. The molecule has 7 N–H and O–H groups in total. The highest BCUT2D eigenvalue weighted by Crippen LogP contribution is 2.33. The van der Waals surface area contributed by atoms with E-state index in [1.54, 1.807) is 12.1 Å². The summed E-state index contributed by atoms with van der Waals surface area (Å²) in [5.74, 6) is -3.10. The smallest absolute Gasteiger partial charge is 0.251 e. The third kappa shape index (κ3) is 12.6. The standard InChI is InChI=1S/C37H54N6O6/c1-6-24(2)31(36(48)40-30(14-10-11-22-43(3,4)5)35(47)39-29(21-23-44)33(38)45)41-37(49)32(27-17-18-27)42-34(46)28-19-15-26(16-20-28)25-12-8-7-9-13-25/h7-9,12-13,15-16,19-20,24,27,29-32,44H,6,10-11,14,17-18,21-23H2,1-5H3,(H5-,38,39,40,41,42,45,46,47,48,49)/p+1/t24-,29-,30-,31?,32-/m0/s1. The molecule has 1 fully saturated rings. The van der Waals surface area contributed by atoms with Crippen LogP contribution in [-0.4, -0.2) is 97.6 Å². The molecule has 5 amide bonds. The maximum Gasteiger partial charge on any atom is 0.251 e. The van der Waals surface area contributed by atoms with Crippen molar-refractivity contribution in [3.05, 3.63) is 60.2 Å². The molecule has 0 bridgehead atoms. The van der Waals surface area contributed by atoms with Gasteiger partial charge in [-0.3, -0.25) is 24.0 Å². The van der Waals surface area contributed by atoms with Gasteiger partial charge in [0.25, 0.3) is 5.91 Å². The zero-order chi connectivity index (χ0) is 36.1. The minimum atomic E-state index is -1.09. The second-order valence-electron chi connectivity index (χ2n) is 14.2. The number of quaternary nitrogens is 1. The van der Waals surface area contributed by atoms with Gasteiger partial charge in [-0.25, -0.2) is 0 Å². The van der Waals surface area contributed by atoms with Gasteiger partial charge in [-0.05, 0) is 73.6 Å². The summed E-state index contributed by atoms with van der Waals surface area (Å²) in [6, 6.07) is 13.1. The summed E-state index contributed by atoms with van der Waals surface area (Å²) in [6.07, 6.45) is 3.77. The summed E-state index contributed by atoms with van der Waals surface area (Å²) in [5.41, 5.74) is 7.85. The number of aliphatic hydroxyl groups excluding tert-OH is 1. The number of hydrogen-bond acceptors (Lipinski definition) is 6. The van der Waals surface area contributed by atoms with Crippen molar-refractivity contribution in [2.75, 3.05) is 34.3 Å². The third-order valence-corrected chi connectivity index (χ3v) is 8.99. The molecule has 5 atom stereocenters. The fourth-order valence-electron chi connectivity index (χ4n) is 5.59. The van der Waals surface area contributed by atoms with Crippen LogP contribution in [0.3, 0.4) is 0 Å². The van der Waals surface area contributed by atoms with Gasteiger partial charge in [-0.2, -0.15) is 0 Å². The van der Waals surface area contributed by atoms with Crippen LogP contribution >= 0.6 is 0 Å². The van der Waals surface area contributed by atoms with Crippen molar-refractivity contribution < 1.29 is 33.6 Å². The summed E-state index contributed by atoms with van der Waals surface area (Å²) >= 11 is 0. The molecular weight excluding hydrogens is 624 g/mol. The number of aliphatic hydroxyl groups is 1. The van der Waals surface area contributed by atoms with Crippen LogP contribution in [0.15, 0.2) is 54.6 Å². The Labute approximate surface area is 290 Å². The Balaban J connectivity index is 1.73. The van der Waals surface area contributed by atoms with Gasteiger partial charge in [0, 0.05) is 12.2 Å². The zero-order valence-corrected chi connectivity index (χ0v) is 29.5. The minimum absolute atomic E-state index is 0.0508. The van der Waals surface area contributed by atoms with Gasteiger partial charge in [-0.1, -0.05) is 62.7 Å². The second-order valence-corrected chi connectivity index (χ2v) is 14.2. The molecule has 0 aliphatic heterocycles. The highest BCUT2D eigenvalue weighted by molar-refractivity contribution is 5.99. The van der Waals surface area contributed by atoms with E-state index in [2.05, 4.69) is 42.4 Å². The lowest BCUT2D eigenvalue weighted by Gasteiger charge is -2.29. The predicted molar refractivity (Wildman–Crippen MR) is 189 cm³/mol. The maximum absolute atomic E-state index is 13.8. The Morgan fingerprint density at radius 1 is 0.796 bits per heavy atom. The molecule has 12 heteroatoms. The molecule has 1 unspecified atom stereocenters. The molecule has 268 valence electrons. The van der Waals surface area contributed by atoms with Crippen molar-refractivity contribution in [1.82, 2.24) is 21.3 Å². The van der Waals surface area contributed by atoms with Gasteiger partial charge < -0.3 is 36.6 Å². The average Bonchev–Trinajstić information content (AvgIpc) is 3.92. The number of primary amides is 1. The number of carbonyl (C=O) groups is 5. The predicted octanol–water partition coefficient (Wildman–Crippen LogP) is 2.11. The lowest BCUT2D eigenvalue weighted by atomic mass is 9.96. The molecule has 49 heavy (non-hydrogen) atoms. The van der Waals surface area contributed by atoms with Crippen LogP contribution in [0.4, 0.5) is 0 Å². The first-order chi connectivity index (χ1) is 23.2. The van der Waals surface area contributed by atoms with Crippen LogP contribution < -0.4 is 27.0 Å². The molecule has 0 spiro atoms. The van der Waals surface area contributed by atoms with Crippen LogP contribution in [0, 0.1) is 11.8 Å². The number of carbonyl (C=O) groups excluding carboxylic acids is 5. The molecule has 0 heterocycles. The van der Waals surface area contributed by atoms with E-state index in [1.165, 1.54) is 0 Å². The van der Waals surface area contributed by atoms with Crippen molar-refractivity contribution in [3.8, 4) is 11.1 Å². The van der Waals surface area contributed by atoms with E-state index < -0.39 is 47.8 Å². The number of hydrogen-bond donors (Lipinski definition) is 6. The monoisotopic (exact) mass is 679 g/mol. The van der Waals surface area contributed by atoms with E-state index in [4.69, 9.17) is 5.73 Å². The van der Waals surface area contributed by atoms with Crippen LogP contribution in [-0.2, 0) is 19.2 Å². The van der Waals surface area contributed by atoms with E-state index in [-0.39, 0.29) is 30.8 Å². The first-order valence-corrected chi connectivity index (χ1v) is 17.3. The van der Waals surface area contributed by atoms with Crippen molar-refractivity contribution in [2.24, 2.45) is 17.6 Å². The Morgan fingerprint density at radius 2 is 1.41 bits per heavy atom. The van der Waals surface area contributed by atoms with Crippen LogP contribution in [0.2, 0.25) is 0 Å². The molecule has 0 radical (unpaired) electrons. The van der Waals surface area contributed by atoms with E-state index in [1.807, 2.05) is 56.3 Å². The largest absolute Gasteiger partial charge is 0.396 e. The number of benzene rings is 2. The van der Waals surface area contributed by atoms with Gasteiger partial charge >= 0.3 is 0 Å². The Bertz CT molecular complexity index is 1410. The fraction of sp³-hybridized carbons (Fsp3) is 0.541. The van der Waals surface area contributed by atoms with Gasteiger partial charge in [0.05, 0.1) is 27.7 Å². The fourth-order valence-corrected chi connectivity index (χ4v) is 5.59. The summed E-state index contributed by atoms with van der Waals surface area (Å²) in [4.78, 5) is 66.0. The minimum Gasteiger partial charge on any atom is -0.396 e. The number of nitrogens with zero attached hydrogens (tertiary/aromatic N) is 1. The average molecular weight is 680 g/mol. The van der Waals surface area contributed by atoms with Crippen molar-refractivity contribution in [1.29, 1.82) is 0 Å². The molecule has 0 aromatic heterocycles. The summed E-state index contributed by atoms with van der Waals surface area (Å²) < 4.78 is 0.739. The van der Waals surface area contributed by atoms with Crippen molar-refractivity contribution in [3.63, 3.8) is 0 Å². The summed E-state index contributed by atoms with van der Waals surface area (Å²) in [5, 5.41) is 20.5. The van der Waals surface area contributed by atoms with Crippen molar-refractivity contribution >= 4 is 29.5 Å². The molecule has 1 aliphatic carbocycles. The van der Waals surface area contributed by atoms with Crippen LogP contribution in [0.25, 0.3) is 11.1 Å². The lowest BCUT2D eigenvalue weighted by Crippen LogP contribution is -2.59.